The van der Waals surface area contributed by atoms with Crippen molar-refractivity contribution in [3.05, 3.63) is 64.4 Å². The van der Waals surface area contributed by atoms with Crippen LogP contribution in [0.15, 0.2) is 46.8 Å². The lowest BCUT2D eigenvalue weighted by atomic mass is 10.2. The van der Waals surface area contributed by atoms with Gasteiger partial charge in [0.1, 0.15) is 5.82 Å². The fraction of sp³-hybridized carbons (Fsp3) is 0.125. The lowest BCUT2D eigenvalue weighted by Gasteiger charge is -2.03. The Balaban J connectivity index is 1.66. The summed E-state index contributed by atoms with van der Waals surface area (Å²) in [5.74, 6) is 0.123. The second kappa shape index (κ2) is 7.29. The number of hydrogen-bond acceptors (Lipinski definition) is 5. The Hall–Kier alpha value is -1.63. The van der Waals surface area contributed by atoms with Gasteiger partial charge in [-0.15, -0.1) is 10.2 Å². The third-order valence-electron chi connectivity index (χ3n) is 3.08. The molecule has 0 unspecified atom stereocenters. The van der Waals surface area contributed by atoms with E-state index >= 15 is 0 Å². The van der Waals surface area contributed by atoms with E-state index < -0.39 is 0 Å². The van der Waals surface area contributed by atoms with E-state index in [2.05, 4.69) is 15.5 Å². The molecule has 0 saturated heterocycles. The number of aromatic nitrogens is 2. The summed E-state index contributed by atoms with van der Waals surface area (Å²) in [6, 6.07) is 12.7. The maximum absolute atomic E-state index is 13.7. The largest absolute Gasteiger partial charge is 0.330 e. The summed E-state index contributed by atoms with van der Waals surface area (Å²) in [6.07, 6.45) is 0. The smallest absolute Gasteiger partial charge is 0.210 e. The molecule has 0 radical (unpaired) electrons. The summed E-state index contributed by atoms with van der Waals surface area (Å²) in [6.45, 7) is 2.03. The predicted molar refractivity (Wildman–Crippen MR) is 95.3 cm³/mol. The number of benzene rings is 2. The number of nitrogens with zero attached hydrogens (tertiary/aromatic N) is 2. The summed E-state index contributed by atoms with van der Waals surface area (Å²) in [5, 5.41) is 12.6. The van der Waals surface area contributed by atoms with Crippen LogP contribution in [0, 0.1) is 12.7 Å². The van der Waals surface area contributed by atoms with E-state index in [1.165, 1.54) is 34.7 Å². The first-order chi connectivity index (χ1) is 11.1. The van der Waals surface area contributed by atoms with Crippen molar-refractivity contribution in [2.45, 2.75) is 17.0 Å². The van der Waals surface area contributed by atoms with E-state index in [1.807, 2.05) is 31.2 Å². The normalized spacial score (nSPS) is 10.7. The van der Waals surface area contributed by atoms with Gasteiger partial charge in [0.15, 0.2) is 4.34 Å². The summed E-state index contributed by atoms with van der Waals surface area (Å²) in [5.41, 5.74) is 2.63. The van der Waals surface area contributed by atoms with Gasteiger partial charge in [0, 0.05) is 22.0 Å². The highest BCUT2D eigenvalue weighted by molar-refractivity contribution is 8.00. The maximum Gasteiger partial charge on any atom is 0.210 e. The van der Waals surface area contributed by atoms with Crippen molar-refractivity contribution >= 4 is 45.5 Å². The first-order valence-corrected chi connectivity index (χ1v) is 9.03. The van der Waals surface area contributed by atoms with Crippen molar-refractivity contribution in [2.75, 3.05) is 5.32 Å². The number of anilines is 2. The molecule has 0 amide bonds. The zero-order chi connectivity index (χ0) is 16.2. The van der Waals surface area contributed by atoms with E-state index in [4.69, 9.17) is 11.6 Å². The van der Waals surface area contributed by atoms with Crippen LogP contribution in [0.1, 0.15) is 11.1 Å². The van der Waals surface area contributed by atoms with Crippen LogP contribution in [0.2, 0.25) is 5.02 Å². The molecule has 0 aliphatic rings. The van der Waals surface area contributed by atoms with E-state index in [-0.39, 0.29) is 5.82 Å². The molecule has 0 saturated carbocycles. The second-order valence-electron chi connectivity index (χ2n) is 4.86. The molecule has 3 aromatic rings. The van der Waals surface area contributed by atoms with E-state index in [9.17, 15) is 4.39 Å². The first-order valence-electron chi connectivity index (χ1n) is 6.85. The standard InChI is InChI=1S/C16H13ClFN3S2/c1-10-4-2-5-11(8-10)19-15-20-21-16(23-15)22-9-12-13(17)6-3-7-14(12)18/h2-8H,9H2,1H3,(H,19,20). The van der Waals surface area contributed by atoms with Gasteiger partial charge in [0.2, 0.25) is 5.13 Å². The number of aryl methyl sites for hydroxylation is 1. The number of halogens is 2. The molecule has 3 rings (SSSR count). The fourth-order valence-electron chi connectivity index (χ4n) is 1.97. The Morgan fingerprint density at radius 2 is 2.04 bits per heavy atom. The number of thioether (sulfide) groups is 1. The van der Waals surface area contributed by atoms with Gasteiger partial charge in [-0.05, 0) is 36.8 Å². The molecule has 23 heavy (non-hydrogen) atoms. The van der Waals surface area contributed by atoms with Crippen LogP contribution in [0.3, 0.4) is 0 Å². The van der Waals surface area contributed by atoms with Gasteiger partial charge in [-0.25, -0.2) is 4.39 Å². The second-order valence-corrected chi connectivity index (χ2v) is 7.46. The molecule has 1 aromatic heterocycles. The number of hydrogen-bond donors (Lipinski definition) is 1. The highest BCUT2D eigenvalue weighted by Gasteiger charge is 2.10. The van der Waals surface area contributed by atoms with E-state index in [1.54, 1.807) is 12.1 Å². The van der Waals surface area contributed by atoms with Crippen LogP contribution in [0.5, 0.6) is 0 Å². The van der Waals surface area contributed by atoms with Gasteiger partial charge in [0.25, 0.3) is 0 Å². The lowest BCUT2D eigenvalue weighted by Crippen LogP contribution is -1.89. The topological polar surface area (TPSA) is 37.8 Å². The first kappa shape index (κ1) is 16.2. The minimum atomic E-state index is -0.298. The third kappa shape index (κ3) is 4.22. The monoisotopic (exact) mass is 365 g/mol. The van der Waals surface area contributed by atoms with Crippen LogP contribution < -0.4 is 5.32 Å². The summed E-state index contributed by atoms with van der Waals surface area (Å²) >= 11 is 8.87. The van der Waals surface area contributed by atoms with Crippen LogP contribution in [0.4, 0.5) is 15.2 Å². The van der Waals surface area contributed by atoms with Gasteiger partial charge in [-0.3, -0.25) is 0 Å². The Kier molecular flexibility index (Phi) is 5.15. The van der Waals surface area contributed by atoms with Gasteiger partial charge in [-0.1, -0.05) is 52.9 Å². The fourth-order valence-corrected chi connectivity index (χ4v) is 4.08. The molecule has 3 nitrogen and oxygen atoms in total. The van der Waals surface area contributed by atoms with Gasteiger partial charge >= 0.3 is 0 Å². The Morgan fingerprint density at radius 3 is 2.83 bits per heavy atom. The molecule has 0 fully saturated rings. The molecule has 7 heteroatoms. The molecular weight excluding hydrogens is 353 g/mol. The Morgan fingerprint density at radius 1 is 1.22 bits per heavy atom. The molecular formula is C16H13ClFN3S2. The van der Waals surface area contributed by atoms with Gasteiger partial charge < -0.3 is 5.32 Å². The average molecular weight is 366 g/mol. The number of nitrogens with one attached hydrogen (secondary N) is 1. The van der Waals surface area contributed by atoms with Crippen molar-refractivity contribution in [3.63, 3.8) is 0 Å². The summed E-state index contributed by atoms with van der Waals surface area (Å²) < 4.78 is 14.5. The third-order valence-corrected chi connectivity index (χ3v) is 5.43. The van der Waals surface area contributed by atoms with Crippen molar-refractivity contribution in [2.24, 2.45) is 0 Å². The lowest BCUT2D eigenvalue weighted by molar-refractivity contribution is 0.617. The number of rotatable bonds is 5. The van der Waals surface area contributed by atoms with Crippen LogP contribution in [0.25, 0.3) is 0 Å². The molecule has 0 spiro atoms. The Bertz CT molecular complexity index is 802. The van der Waals surface area contributed by atoms with Crippen molar-refractivity contribution < 1.29 is 4.39 Å². The SMILES string of the molecule is Cc1cccc(Nc2nnc(SCc3c(F)cccc3Cl)s2)c1. The summed E-state index contributed by atoms with van der Waals surface area (Å²) in [4.78, 5) is 0. The molecule has 0 atom stereocenters. The average Bonchev–Trinajstić information content (AvgIpc) is 2.94. The zero-order valence-electron chi connectivity index (χ0n) is 12.2. The van der Waals surface area contributed by atoms with Gasteiger partial charge in [0.05, 0.1) is 0 Å². The molecule has 2 aromatic carbocycles. The maximum atomic E-state index is 13.7. The van der Waals surface area contributed by atoms with Crippen molar-refractivity contribution in [1.82, 2.24) is 10.2 Å². The van der Waals surface area contributed by atoms with E-state index in [0.717, 1.165) is 10.0 Å². The quantitative estimate of drug-likeness (QED) is 0.591. The molecule has 0 aliphatic heterocycles. The zero-order valence-corrected chi connectivity index (χ0v) is 14.6. The highest BCUT2D eigenvalue weighted by atomic mass is 35.5. The Labute approximate surface area is 146 Å². The molecule has 0 aliphatic carbocycles. The van der Waals surface area contributed by atoms with Crippen molar-refractivity contribution in [1.29, 1.82) is 0 Å². The minimum Gasteiger partial charge on any atom is -0.330 e. The molecule has 1 N–H and O–H groups in total. The highest BCUT2D eigenvalue weighted by Crippen LogP contribution is 2.32. The van der Waals surface area contributed by atoms with Crippen LogP contribution in [-0.2, 0) is 5.75 Å². The molecule has 118 valence electrons. The van der Waals surface area contributed by atoms with Crippen LogP contribution >= 0.6 is 34.7 Å². The van der Waals surface area contributed by atoms with Crippen LogP contribution in [-0.4, -0.2) is 10.2 Å². The minimum absolute atomic E-state index is 0.298. The van der Waals surface area contributed by atoms with E-state index in [0.29, 0.717) is 21.5 Å². The van der Waals surface area contributed by atoms with Gasteiger partial charge in [-0.2, -0.15) is 0 Å². The molecule has 0 bridgehead atoms. The molecule has 1 heterocycles. The summed E-state index contributed by atoms with van der Waals surface area (Å²) in [7, 11) is 0. The van der Waals surface area contributed by atoms with Crippen molar-refractivity contribution in [3.8, 4) is 0 Å². The predicted octanol–water partition coefficient (Wildman–Crippen LogP) is 5.67.